The summed E-state index contributed by atoms with van der Waals surface area (Å²) in [7, 11) is 0. The van der Waals surface area contributed by atoms with Crippen molar-refractivity contribution < 1.29 is 0 Å². The zero-order chi connectivity index (χ0) is 12.5. The lowest BCUT2D eigenvalue weighted by Crippen LogP contribution is -1.82. The van der Waals surface area contributed by atoms with Crippen molar-refractivity contribution in [1.29, 1.82) is 5.26 Å². The molecule has 2 aromatic heterocycles. The number of benzene rings is 1. The molecule has 2 heterocycles. The summed E-state index contributed by atoms with van der Waals surface area (Å²) in [5.74, 6) is 0.895. The van der Waals surface area contributed by atoms with Crippen LogP contribution < -0.4 is 0 Å². The van der Waals surface area contributed by atoms with Crippen LogP contribution in [0.1, 0.15) is 18.1 Å². The van der Waals surface area contributed by atoms with Gasteiger partial charge in [0.25, 0.3) is 0 Å². The number of H-pyrrole nitrogens is 1. The van der Waals surface area contributed by atoms with Crippen molar-refractivity contribution in [3.63, 3.8) is 0 Å². The van der Waals surface area contributed by atoms with Crippen molar-refractivity contribution in [3.05, 3.63) is 40.8 Å². The average Bonchev–Trinajstić information content (AvgIpc) is 3.03. The van der Waals surface area contributed by atoms with Gasteiger partial charge in [0.05, 0.1) is 27.5 Å². The molecule has 0 radical (unpaired) electrons. The Morgan fingerprint density at radius 3 is 3.06 bits per heavy atom. The molecule has 0 unspecified atom stereocenters. The first-order chi connectivity index (χ1) is 8.81. The van der Waals surface area contributed by atoms with E-state index >= 15 is 0 Å². The Morgan fingerprint density at radius 2 is 2.28 bits per heavy atom. The number of nitriles is 1. The average molecular weight is 253 g/mol. The number of imidazole rings is 1. The van der Waals surface area contributed by atoms with E-state index in [0.717, 1.165) is 23.3 Å². The van der Waals surface area contributed by atoms with Crippen molar-refractivity contribution in [3.8, 4) is 16.8 Å². The van der Waals surface area contributed by atoms with Crippen molar-refractivity contribution in [1.82, 2.24) is 9.97 Å². The number of hydrogen-bond acceptors (Lipinski definition) is 3. The first-order valence-corrected chi connectivity index (χ1v) is 6.66. The Balaban J connectivity index is 2.17. The summed E-state index contributed by atoms with van der Waals surface area (Å²) >= 11 is 1.69. The SMILES string of the molecule is CCc1ccsc1-c1nc2ccc(C#N)cc2[nH]1. The second-order valence-electron chi connectivity index (χ2n) is 4.06. The molecule has 0 bridgehead atoms. The minimum Gasteiger partial charge on any atom is -0.337 e. The van der Waals surface area contributed by atoms with Crippen molar-refractivity contribution in [2.24, 2.45) is 0 Å². The quantitative estimate of drug-likeness (QED) is 0.756. The molecule has 1 aromatic carbocycles. The first kappa shape index (κ1) is 11.0. The van der Waals surface area contributed by atoms with Crippen LogP contribution in [-0.2, 0) is 6.42 Å². The van der Waals surface area contributed by atoms with E-state index in [2.05, 4.69) is 34.4 Å². The van der Waals surface area contributed by atoms with Gasteiger partial charge in [0.2, 0.25) is 0 Å². The van der Waals surface area contributed by atoms with Crippen LogP contribution in [0.3, 0.4) is 0 Å². The van der Waals surface area contributed by atoms with Gasteiger partial charge in [-0.2, -0.15) is 5.26 Å². The van der Waals surface area contributed by atoms with Crippen LogP contribution in [0.15, 0.2) is 29.6 Å². The lowest BCUT2D eigenvalue weighted by atomic mass is 10.2. The Morgan fingerprint density at radius 1 is 1.39 bits per heavy atom. The Hall–Kier alpha value is -2.12. The molecule has 0 amide bonds. The van der Waals surface area contributed by atoms with Crippen LogP contribution in [0, 0.1) is 11.3 Å². The zero-order valence-corrected chi connectivity index (χ0v) is 10.7. The number of aryl methyl sites for hydroxylation is 1. The first-order valence-electron chi connectivity index (χ1n) is 5.78. The molecule has 0 saturated carbocycles. The molecule has 4 heteroatoms. The molecule has 88 valence electrons. The maximum atomic E-state index is 8.89. The zero-order valence-electron chi connectivity index (χ0n) is 9.90. The van der Waals surface area contributed by atoms with Crippen molar-refractivity contribution >= 4 is 22.4 Å². The highest BCUT2D eigenvalue weighted by Crippen LogP contribution is 2.29. The fourth-order valence-electron chi connectivity index (χ4n) is 2.01. The number of aromatic amines is 1. The van der Waals surface area contributed by atoms with Gasteiger partial charge in [0, 0.05) is 0 Å². The number of aromatic nitrogens is 2. The second-order valence-corrected chi connectivity index (χ2v) is 4.97. The highest BCUT2D eigenvalue weighted by atomic mass is 32.1. The molecule has 0 fully saturated rings. The molecule has 0 atom stereocenters. The van der Waals surface area contributed by atoms with Crippen molar-refractivity contribution in [2.45, 2.75) is 13.3 Å². The number of nitrogens with zero attached hydrogens (tertiary/aromatic N) is 2. The number of thiophene rings is 1. The van der Waals surface area contributed by atoms with Crippen LogP contribution in [0.4, 0.5) is 0 Å². The Labute approximate surface area is 109 Å². The highest BCUT2D eigenvalue weighted by molar-refractivity contribution is 7.13. The van der Waals surface area contributed by atoms with E-state index in [4.69, 9.17) is 5.26 Å². The third-order valence-electron chi connectivity index (χ3n) is 2.95. The topological polar surface area (TPSA) is 52.5 Å². The fraction of sp³-hybridized carbons (Fsp3) is 0.143. The molecule has 18 heavy (non-hydrogen) atoms. The molecule has 1 N–H and O–H groups in total. The van der Waals surface area contributed by atoms with Crippen LogP contribution in [0.25, 0.3) is 21.7 Å². The second kappa shape index (κ2) is 4.28. The van der Waals surface area contributed by atoms with Crippen LogP contribution in [0.5, 0.6) is 0 Å². The van der Waals surface area contributed by atoms with Crippen LogP contribution in [-0.4, -0.2) is 9.97 Å². The van der Waals surface area contributed by atoms with Crippen LogP contribution in [0.2, 0.25) is 0 Å². The molecule has 0 spiro atoms. The maximum Gasteiger partial charge on any atom is 0.148 e. The van der Waals surface area contributed by atoms with Crippen LogP contribution >= 0.6 is 11.3 Å². The van der Waals surface area contributed by atoms with E-state index in [1.54, 1.807) is 17.4 Å². The third kappa shape index (κ3) is 1.69. The maximum absolute atomic E-state index is 8.89. The van der Waals surface area contributed by atoms with E-state index in [1.165, 1.54) is 10.4 Å². The van der Waals surface area contributed by atoms with Gasteiger partial charge in [0.1, 0.15) is 5.82 Å². The number of hydrogen-bond donors (Lipinski definition) is 1. The molecule has 3 aromatic rings. The third-order valence-corrected chi connectivity index (χ3v) is 3.92. The van der Waals surface area contributed by atoms with E-state index in [-0.39, 0.29) is 0 Å². The molecule has 0 aliphatic heterocycles. The summed E-state index contributed by atoms with van der Waals surface area (Å²) in [5, 5.41) is 11.0. The van der Waals surface area contributed by atoms with Gasteiger partial charge in [-0.05, 0) is 41.6 Å². The van der Waals surface area contributed by atoms with Gasteiger partial charge in [-0.3, -0.25) is 0 Å². The van der Waals surface area contributed by atoms with E-state index in [0.29, 0.717) is 5.56 Å². The van der Waals surface area contributed by atoms with E-state index in [1.807, 2.05) is 12.1 Å². The lowest BCUT2D eigenvalue weighted by Gasteiger charge is -1.95. The fourth-order valence-corrected chi connectivity index (χ4v) is 2.95. The molecule has 3 rings (SSSR count). The molecule has 0 saturated heterocycles. The summed E-state index contributed by atoms with van der Waals surface area (Å²) in [5.41, 5.74) is 3.78. The number of nitrogens with one attached hydrogen (secondary N) is 1. The molecule has 0 aliphatic rings. The Bertz CT molecular complexity index is 746. The number of fused-ring (bicyclic) bond motifs is 1. The molecular weight excluding hydrogens is 242 g/mol. The number of rotatable bonds is 2. The van der Waals surface area contributed by atoms with E-state index < -0.39 is 0 Å². The molecular formula is C14H11N3S. The van der Waals surface area contributed by atoms with Gasteiger partial charge in [-0.1, -0.05) is 6.92 Å². The summed E-state index contributed by atoms with van der Waals surface area (Å²) < 4.78 is 0. The lowest BCUT2D eigenvalue weighted by molar-refractivity contribution is 1.15. The summed E-state index contributed by atoms with van der Waals surface area (Å²) in [6.45, 7) is 2.14. The Kier molecular flexibility index (Phi) is 2.62. The van der Waals surface area contributed by atoms with Gasteiger partial charge in [0.15, 0.2) is 0 Å². The van der Waals surface area contributed by atoms with E-state index in [9.17, 15) is 0 Å². The van der Waals surface area contributed by atoms with Gasteiger partial charge in [-0.15, -0.1) is 11.3 Å². The normalized spacial score (nSPS) is 10.7. The van der Waals surface area contributed by atoms with Gasteiger partial charge < -0.3 is 4.98 Å². The minimum atomic E-state index is 0.652. The minimum absolute atomic E-state index is 0.652. The molecule has 0 aliphatic carbocycles. The monoisotopic (exact) mass is 253 g/mol. The smallest absolute Gasteiger partial charge is 0.148 e. The standard InChI is InChI=1S/C14H11N3S/c1-2-10-5-6-18-13(10)14-16-11-4-3-9(8-15)7-12(11)17-14/h3-7H,2H2,1H3,(H,16,17). The summed E-state index contributed by atoms with van der Waals surface area (Å²) in [6, 6.07) is 9.79. The molecule has 3 nitrogen and oxygen atoms in total. The predicted octanol–water partition coefficient (Wildman–Crippen LogP) is 3.73. The van der Waals surface area contributed by atoms with Gasteiger partial charge >= 0.3 is 0 Å². The predicted molar refractivity (Wildman–Crippen MR) is 73.5 cm³/mol. The summed E-state index contributed by atoms with van der Waals surface area (Å²) in [6.07, 6.45) is 0.999. The largest absolute Gasteiger partial charge is 0.337 e. The summed E-state index contributed by atoms with van der Waals surface area (Å²) in [4.78, 5) is 9.07. The van der Waals surface area contributed by atoms with Crippen molar-refractivity contribution in [2.75, 3.05) is 0 Å². The van der Waals surface area contributed by atoms with Gasteiger partial charge in [-0.25, -0.2) is 4.98 Å². The highest BCUT2D eigenvalue weighted by Gasteiger charge is 2.10.